The SMILES string of the molecule is NNC(=O)C1(C(=O)NN)CCCCO1.[Ni]. The van der Waals surface area contributed by atoms with E-state index in [-0.39, 0.29) is 16.5 Å². The summed E-state index contributed by atoms with van der Waals surface area (Å²) in [7, 11) is 0. The van der Waals surface area contributed by atoms with Crippen LogP contribution in [0.15, 0.2) is 0 Å². The third-order valence-electron chi connectivity index (χ3n) is 2.27. The van der Waals surface area contributed by atoms with Crippen LogP contribution in [0.25, 0.3) is 0 Å². The summed E-state index contributed by atoms with van der Waals surface area (Å²) in [6.45, 7) is 0.348. The number of hydrogen-bond acceptors (Lipinski definition) is 5. The molecule has 1 aliphatic heterocycles. The van der Waals surface area contributed by atoms with Gasteiger partial charge in [0.25, 0.3) is 11.8 Å². The molecule has 1 aliphatic rings. The first-order valence-electron chi connectivity index (χ1n) is 4.33. The molecule has 0 bridgehead atoms. The first kappa shape index (κ1) is 14.3. The largest absolute Gasteiger partial charge is 0.356 e. The van der Waals surface area contributed by atoms with Crippen LogP contribution in [0.3, 0.4) is 0 Å². The quantitative estimate of drug-likeness (QED) is 0.149. The smallest absolute Gasteiger partial charge is 0.276 e. The van der Waals surface area contributed by atoms with E-state index in [1.165, 1.54) is 0 Å². The average Bonchev–Trinajstić information content (AvgIpc) is 2.27. The summed E-state index contributed by atoms with van der Waals surface area (Å²) < 4.78 is 5.19. The molecular weight excluding hydrogens is 247 g/mol. The molecule has 1 heterocycles. The van der Waals surface area contributed by atoms with Crippen molar-refractivity contribution in [1.29, 1.82) is 0 Å². The molecule has 2 amide bonds. The Labute approximate surface area is 97.1 Å². The van der Waals surface area contributed by atoms with Crippen LogP contribution in [0.1, 0.15) is 19.3 Å². The van der Waals surface area contributed by atoms with Crippen molar-refractivity contribution in [2.24, 2.45) is 11.7 Å². The second kappa shape index (κ2) is 6.02. The average molecular weight is 261 g/mol. The molecule has 0 radical (unpaired) electrons. The molecule has 0 aliphatic carbocycles. The molecule has 0 unspecified atom stereocenters. The third kappa shape index (κ3) is 2.66. The van der Waals surface area contributed by atoms with Gasteiger partial charge in [-0.1, -0.05) is 0 Å². The van der Waals surface area contributed by atoms with E-state index in [1.807, 2.05) is 10.9 Å². The maximum atomic E-state index is 11.4. The molecule has 1 fully saturated rings. The van der Waals surface area contributed by atoms with Crippen LogP contribution in [0.2, 0.25) is 0 Å². The molecule has 6 N–H and O–H groups in total. The van der Waals surface area contributed by atoms with Crippen LogP contribution < -0.4 is 22.5 Å². The normalized spacial score (nSPS) is 18.5. The van der Waals surface area contributed by atoms with Gasteiger partial charge in [-0.15, -0.1) is 0 Å². The predicted octanol–water partition coefficient (Wildman–Crippen LogP) is -2.10. The van der Waals surface area contributed by atoms with Crippen molar-refractivity contribution >= 4 is 11.8 Å². The van der Waals surface area contributed by atoms with Gasteiger partial charge >= 0.3 is 0 Å². The number of amides is 2. The number of nitrogens with two attached hydrogens (primary N) is 2. The molecule has 0 atom stereocenters. The molecule has 7 nitrogen and oxygen atoms in total. The Morgan fingerprint density at radius 1 is 1.13 bits per heavy atom. The zero-order valence-corrected chi connectivity index (χ0v) is 9.01. The van der Waals surface area contributed by atoms with Gasteiger partial charge in [-0.05, 0) is 19.3 Å². The summed E-state index contributed by atoms with van der Waals surface area (Å²) in [6, 6.07) is 0. The molecule has 15 heavy (non-hydrogen) atoms. The topological polar surface area (TPSA) is 119 Å². The van der Waals surface area contributed by atoms with E-state index in [9.17, 15) is 9.59 Å². The van der Waals surface area contributed by atoms with Crippen LogP contribution >= 0.6 is 0 Å². The molecule has 0 aromatic rings. The summed E-state index contributed by atoms with van der Waals surface area (Å²) in [5.74, 6) is 8.63. The minimum atomic E-state index is -1.55. The molecule has 0 aromatic heterocycles. The summed E-state index contributed by atoms with van der Waals surface area (Å²) in [5.41, 5.74) is 2.27. The number of hydrazine groups is 2. The zero-order valence-electron chi connectivity index (χ0n) is 8.02. The first-order chi connectivity index (χ1) is 6.67. The van der Waals surface area contributed by atoms with E-state index in [0.29, 0.717) is 13.0 Å². The van der Waals surface area contributed by atoms with Gasteiger partial charge < -0.3 is 4.74 Å². The van der Waals surface area contributed by atoms with Crippen molar-refractivity contribution in [3.05, 3.63) is 0 Å². The number of carbonyl (C=O) groups excluding carboxylic acids is 2. The Balaban J connectivity index is 0.00000196. The Morgan fingerprint density at radius 3 is 2.00 bits per heavy atom. The van der Waals surface area contributed by atoms with Crippen molar-refractivity contribution < 1.29 is 30.8 Å². The number of carbonyl (C=O) groups is 2. The molecule has 0 aromatic carbocycles. The standard InChI is InChI=1S/C7H14N4O3.Ni/c8-10-5(12)7(6(13)11-9)3-1-2-4-14-7;/h1-4,8-9H2,(H,10,12)(H,11,13);. The van der Waals surface area contributed by atoms with Crippen LogP contribution in [0.4, 0.5) is 0 Å². The predicted molar refractivity (Wildman–Crippen MR) is 47.2 cm³/mol. The molecule has 1 saturated heterocycles. The summed E-state index contributed by atoms with van der Waals surface area (Å²) in [4.78, 5) is 22.8. The van der Waals surface area contributed by atoms with Crippen molar-refractivity contribution in [2.75, 3.05) is 6.61 Å². The third-order valence-corrected chi connectivity index (χ3v) is 2.27. The maximum Gasteiger partial charge on any atom is 0.276 e. The Kier molecular flexibility index (Phi) is 5.74. The Bertz CT molecular complexity index is 224. The van der Waals surface area contributed by atoms with Crippen molar-refractivity contribution in [3.8, 4) is 0 Å². The van der Waals surface area contributed by atoms with Crippen molar-refractivity contribution in [3.63, 3.8) is 0 Å². The summed E-state index contributed by atoms with van der Waals surface area (Å²) in [6.07, 6.45) is 1.83. The van der Waals surface area contributed by atoms with Gasteiger partial charge in [0.1, 0.15) is 0 Å². The van der Waals surface area contributed by atoms with E-state index in [0.717, 1.165) is 12.8 Å². The maximum absolute atomic E-state index is 11.4. The van der Waals surface area contributed by atoms with Crippen LogP contribution in [0.5, 0.6) is 0 Å². The van der Waals surface area contributed by atoms with E-state index in [1.54, 1.807) is 0 Å². The molecule has 90 valence electrons. The van der Waals surface area contributed by atoms with Gasteiger partial charge in [0.2, 0.25) is 5.60 Å². The molecule has 0 spiro atoms. The van der Waals surface area contributed by atoms with Gasteiger partial charge in [-0.3, -0.25) is 20.4 Å². The Hall–Kier alpha value is -0.686. The van der Waals surface area contributed by atoms with Gasteiger partial charge in [0.05, 0.1) is 0 Å². The van der Waals surface area contributed by atoms with Crippen LogP contribution in [-0.2, 0) is 30.8 Å². The van der Waals surface area contributed by atoms with Crippen molar-refractivity contribution in [2.45, 2.75) is 24.9 Å². The number of hydrogen-bond donors (Lipinski definition) is 4. The fraction of sp³-hybridized carbons (Fsp3) is 0.714. The van der Waals surface area contributed by atoms with Crippen LogP contribution in [-0.4, -0.2) is 24.0 Å². The van der Waals surface area contributed by atoms with Gasteiger partial charge in [-0.2, -0.15) is 0 Å². The number of nitrogens with one attached hydrogen (secondary N) is 2. The molecule has 8 heteroatoms. The molecule has 1 rings (SSSR count). The first-order valence-corrected chi connectivity index (χ1v) is 4.33. The fourth-order valence-corrected chi connectivity index (χ4v) is 1.49. The van der Waals surface area contributed by atoms with Gasteiger partial charge in [0, 0.05) is 23.1 Å². The second-order valence-electron chi connectivity index (χ2n) is 3.08. The fourth-order valence-electron chi connectivity index (χ4n) is 1.49. The summed E-state index contributed by atoms with van der Waals surface area (Å²) in [5, 5.41) is 0. The second-order valence-corrected chi connectivity index (χ2v) is 3.08. The minimum absolute atomic E-state index is 0. The van der Waals surface area contributed by atoms with Gasteiger partial charge in [0.15, 0.2) is 0 Å². The number of ether oxygens (including phenoxy) is 1. The Morgan fingerprint density at radius 2 is 1.67 bits per heavy atom. The molecular formula is C7H14N4NiO3. The van der Waals surface area contributed by atoms with E-state index in [4.69, 9.17) is 16.4 Å². The summed E-state index contributed by atoms with van der Waals surface area (Å²) >= 11 is 0. The van der Waals surface area contributed by atoms with Crippen molar-refractivity contribution in [1.82, 2.24) is 10.9 Å². The minimum Gasteiger partial charge on any atom is -0.356 e. The zero-order chi connectivity index (χ0) is 10.6. The van der Waals surface area contributed by atoms with E-state index in [2.05, 4.69) is 0 Å². The molecule has 0 saturated carbocycles. The number of rotatable bonds is 2. The monoisotopic (exact) mass is 260 g/mol. The van der Waals surface area contributed by atoms with Crippen LogP contribution in [0, 0.1) is 0 Å². The van der Waals surface area contributed by atoms with E-state index < -0.39 is 17.4 Å². The van der Waals surface area contributed by atoms with E-state index >= 15 is 0 Å². The van der Waals surface area contributed by atoms with Gasteiger partial charge in [-0.25, -0.2) is 11.7 Å².